The minimum Gasteiger partial charge on any atom is -0.497 e. The van der Waals surface area contributed by atoms with Crippen LogP contribution in [0.5, 0.6) is 5.75 Å². The first-order valence-corrected chi connectivity index (χ1v) is 11.4. The van der Waals surface area contributed by atoms with Crippen LogP contribution >= 0.6 is 0 Å². The number of fused-ring (bicyclic) bond motifs is 1. The first kappa shape index (κ1) is 24.4. The summed E-state index contributed by atoms with van der Waals surface area (Å²) >= 11 is 0. The van der Waals surface area contributed by atoms with E-state index in [1.54, 1.807) is 38.3 Å². The Kier molecular flexibility index (Phi) is 6.60. The van der Waals surface area contributed by atoms with E-state index >= 15 is 0 Å². The quantitative estimate of drug-likeness (QED) is 0.590. The molecule has 1 N–H and O–H groups in total. The molecule has 0 saturated carbocycles. The molecule has 184 valence electrons. The van der Waals surface area contributed by atoms with Gasteiger partial charge >= 0.3 is 0 Å². The predicted octanol–water partition coefficient (Wildman–Crippen LogP) is 4.13. The number of nitrogens with one attached hydrogen (secondary N) is 1. The molecule has 8 nitrogen and oxygen atoms in total. The number of benzene rings is 2. The van der Waals surface area contributed by atoms with Gasteiger partial charge in [0.25, 0.3) is 5.91 Å². The highest BCUT2D eigenvalue weighted by molar-refractivity contribution is 5.98. The van der Waals surface area contributed by atoms with Crippen molar-refractivity contribution in [3.63, 3.8) is 0 Å². The lowest BCUT2D eigenvalue weighted by Gasteiger charge is -2.36. The van der Waals surface area contributed by atoms with Crippen LogP contribution in [-0.4, -0.2) is 40.6 Å². The van der Waals surface area contributed by atoms with Crippen LogP contribution in [0, 0.1) is 12.7 Å². The molecule has 35 heavy (non-hydrogen) atoms. The number of aromatic nitrogens is 2. The van der Waals surface area contributed by atoms with E-state index in [1.807, 2.05) is 26.8 Å². The smallest absolute Gasteiger partial charge is 0.251 e. The summed E-state index contributed by atoms with van der Waals surface area (Å²) in [4.78, 5) is 28.3. The molecule has 1 atom stereocenters. The number of carbonyl (C=O) groups excluding carboxylic acids is 2. The van der Waals surface area contributed by atoms with Gasteiger partial charge in [-0.05, 0) is 52.8 Å². The Hall–Kier alpha value is -3.75. The average Bonchev–Trinajstić information content (AvgIpc) is 3.21. The number of hydrogen-bond donors (Lipinski definition) is 1. The van der Waals surface area contributed by atoms with Crippen LogP contribution in [0.2, 0.25) is 0 Å². The van der Waals surface area contributed by atoms with Crippen molar-refractivity contribution >= 4 is 17.5 Å². The molecule has 2 amide bonds. The number of anilines is 1. The van der Waals surface area contributed by atoms with Crippen LogP contribution < -0.4 is 10.1 Å². The lowest BCUT2D eigenvalue weighted by molar-refractivity contribution is -0.139. The molecule has 2 heterocycles. The van der Waals surface area contributed by atoms with Crippen molar-refractivity contribution in [1.82, 2.24) is 15.1 Å². The minimum atomic E-state index is -0.911. The maximum Gasteiger partial charge on any atom is 0.251 e. The fourth-order valence-corrected chi connectivity index (χ4v) is 4.33. The van der Waals surface area contributed by atoms with E-state index in [1.165, 1.54) is 11.0 Å². The van der Waals surface area contributed by atoms with E-state index in [4.69, 9.17) is 9.15 Å². The van der Waals surface area contributed by atoms with Gasteiger partial charge in [-0.25, -0.2) is 4.39 Å². The van der Waals surface area contributed by atoms with E-state index in [9.17, 15) is 14.0 Å². The van der Waals surface area contributed by atoms with Gasteiger partial charge in [-0.3, -0.25) is 9.59 Å². The molecule has 4 rings (SSSR count). The third kappa shape index (κ3) is 5.18. The fraction of sp³-hybridized carbons (Fsp3) is 0.385. The molecular weight excluding hydrogens is 451 g/mol. The maximum atomic E-state index is 14.8. The highest BCUT2D eigenvalue weighted by Gasteiger charge is 2.37. The van der Waals surface area contributed by atoms with Crippen molar-refractivity contribution in [3.8, 4) is 5.75 Å². The van der Waals surface area contributed by atoms with E-state index in [-0.39, 0.29) is 23.6 Å². The second-order valence-corrected chi connectivity index (χ2v) is 9.63. The minimum absolute atomic E-state index is 0.120. The van der Waals surface area contributed by atoms with Crippen LogP contribution in [0.25, 0.3) is 0 Å². The summed E-state index contributed by atoms with van der Waals surface area (Å²) in [6, 6.07) is 9.16. The zero-order valence-electron chi connectivity index (χ0n) is 20.5. The van der Waals surface area contributed by atoms with Crippen LogP contribution in [0.4, 0.5) is 10.1 Å². The lowest BCUT2D eigenvalue weighted by Crippen LogP contribution is -2.46. The van der Waals surface area contributed by atoms with Gasteiger partial charge in [-0.15, -0.1) is 10.2 Å². The normalized spacial score (nSPS) is 15.5. The van der Waals surface area contributed by atoms with Gasteiger partial charge in [0.1, 0.15) is 24.0 Å². The Morgan fingerprint density at radius 3 is 2.60 bits per heavy atom. The Balaban J connectivity index is 1.65. The van der Waals surface area contributed by atoms with Gasteiger partial charge in [-0.1, -0.05) is 32.9 Å². The van der Waals surface area contributed by atoms with Crippen LogP contribution in [0.1, 0.15) is 55.3 Å². The van der Waals surface area contributed by atoms with Crippen molar-refractivity contribution in [2.45, 2.75) is 52.0 Å². The fourth-order valence-electron chi connectivity index (χ4n) is 4.33. The van der Waals surface area contributed by atoms with Crippen LogP contribution in [0.3, 0.4) is 0 Å². The molecule has 0 radical (unpaired) electrons. The molecule has 1 aromatic heterocycles. The summed E-state index contributed by atoms with van der Waals surface area (Å²) in [7, 11) is 1.58. The number of halogens is 1. The Morgan fingerprint density at radius 2 is 1.97 bits per heavy atom. The Bertz CT molecular complexity index is 1260. The van der Waals surface area contributed by atoms with E-state index < -0.39 is 17.8 Å². The summed E-state index contributed by atoms with van der Waals surface area (Å²) in [6.07, 6.45) is 0.435. The van der Waals surface area contributed by atoms with Crippen LogP contribution in [-0.2, 0) is 27.8 Å². The number of aryl methyl sites for hydroxylation is 1. The van der Waals surface area contributed by atoms with Gasteiger partial charge in [-0.2, -0.15) is 0 Å². The summed E-state index contributed by atoms with van der Waals surface area (Å²) in [5.74, 6) is 0.0668. The van der Waals surface area contributed by atoms with E-state index in [0.717, 1.165) is 5.56 Å². The lowest BCUT2D eigenvalue weighted by atomic mass is 9.86. The second-order valence-electron chi connectivity index (χ2n) is 9.63. The zero-order valence-corrected chi connectivity index (χ0v) is 20.5. The maximum absolute atomic E-state index is 14.8. The number of methoxy groups -OCH3 is 1. The highest BCUT2D eigenvalue weighted by atomic mass is 19.1. The van der Waals surface area contributed by atoms with Crippen molar-refractivity contribution in [1.29, 1.82) is 0 Å². The molecule has 9 heteroatoms. The summed E-state index contributed by atoms with van der Waals surface area (Å²) in [6.45, 7) is 7.73. The second kappa shape index (κ2) is 9.48. The topological polar surface area (TPSA) is 97.6 Å². The molecule has 3 aromatic rings. The molecule has 0 saturated heterocycles. The number of hydrogen-bond acceptors (Lipinski definition) is 6. The molecule has 0 fully saturated rings. The molecule has 0 spiro atoms. The van der Waals surface area contributed by atoms with Crippen LogP contribution in [0.15, 0.2) is 40.8 Å². The van der Waals surface area contributed by atoms with Crippen molar-refractivity contribution in [2.24, 2.45) is 0 Å². The van der Waals surface area contributed by atoms with E-state index in [2.05, 4.69) is 15.5 Å². The molecule has 0 aliphatic carbocycles. The summed E-state index contributed by atoms with van der Waals surface area (Å²) in [5.41, 5.74) is 2.11. The largest absolute Gasteiger partial charge is 0.497 e. The zero-order chi connectivity index (χ0) is 25.3. The Labute approximate surface area is 203 Å². The number of carbonyl (C=O) groups is 2. The van der Waals surface area contributed by atoms with Crippen molar-refractivity contribution in [2.75, 3.05) is 19.0 Å². The average molecular weight is 481 g/mol. The molecule has 0 unspecified atom stereocenters. The summed E-state index contributed by atoms with van der Waals surface area (Å²) < 4.78 is 25.4. The number of amides is 2. The highest BCUT2D eigenvalue weighted by Crippen LogP contribution is 2.34. The SMILES string of the molecule is COc1ccc2c(c1)CCN(C(=O)Cc1nnc(C)o1)[C@H]2C(=O)Nc1ccc(C(C)(C)C)c(F)c1. The predicted molar refractivity (Wildman–Crippen MR) is 128 cm³/mol. The molecule has 1 aliphatic rings. The standard InChI is InChI=1S/C26H29FN4O4/c1-15-29-30-22(35-15)14-23(32)31-11-10-16-12-18(34-5)7-8-19(16)24(31)25(33)28-17-6-9-20(21(27)13-17)26(2,3)4/h6-9,12-13,24H,10-11,14H2,1-5H3,(H,28,33)/t24-/m1/s1. The molecule has 2 aromatic carbocycles. The van der Waals surface area contributed by atoms with Gasteiger partial charge in [0.15, 0.2) is 0 Å². The van der Waals surface area contributed by atoms with E-state index in [0.29, 0.717) is 41.4 Å². The third-order valence-corrected chi connectivity index (χ3v) is 6.06. The first-order valence-electron chi connectivity index (χ1n) is 11.4. The number of nitrogens with zero attached hydrogens (tertiary/aromatic N) is 3. The third-order valence-electron chi connectivity index (χ3n) is 6.06. The number of rotatable bonds is 5. The van der Waals surface area contributed by atoms with Crippen molar-refractivity contribution < 1.29 is 23.1 Å². The molecular formula is C26H29FN4O4. The summed E-state index contributed by atoms with van der Waals surface area (Å²) in [5, 5.41) is 10.5. The van der Waals surface area contributed by atoms with Gasteiger partial charge in [0.05, 0.1) is 7.11 Å². The van der Waals surface area contributed by atoms with Gasteiger partial charge < -0.3 is 19.4 Å². The Morgan fingerprint density at radius 1 is 1.20 bits per heavy atom. The van der Waals surface area contributed by atoms with Crippen molar-refractivity contribution in [3.05, 3.63) is 70.7 Å². The number of ether oxygens (including phenoxy) is 1. The molecule has 0 bridgehead atoms. The molecule has 1 aliphatic heterocycles. The first-order chi connectivity index (χ1) is 16.6. The monoisotopic (exact) mass is 480 g/mol. The van der Waals surface area contributed by atoms with Gasteiger partial charge in [0.2, 0.25) is 17.7 Å². The van der Waals surface area contributed by atoms with Gasteiger partial charge in [0, 0.05) is 19.2 Å².